The second-order valence-electron chi connectivity index (χ2n) is 15.1. The van der Waals surface area contributed by atoms with Gasteiger partial charge < -0.3 is 0 Å². The number of aromatic nitrogens is 2. The van der Waals surface area contributed by atoms with E-state index in [1.165, 1.54) is 59.1 Å². The van der Waals surface area contributed by atoms with E-state index in [0.717, 1.165) is 39.2 Å². The summed E-state index contributed by atoms with van der Waals surface area (Å²) < 4.78 is 2.65. The molecule has 1 aliphatic carbocycles. The first-order valence-electron chi connectivity index (χ1n) is 19.5. The summed E-state index contributed by atoms with van der Waals surface area (Å²) in [6.45, 7) is 2.36. The van der Waals surface area contributed by atoms with Crippen LogP contribution in [0, 0.1) is 0 Å². The van der Waals surface area contributed by atoms with E-state index in [0.29, 0.717) is 5.82 Å². The molecule has 2 aromatic heterocycles. The van der Waals surface area contributed by atoms with Crippen molar-refractivity contribution in [1.29, 1.82) is 0 Å². The minimum atomic E-state index is -0.302. The van der Waals surface area contributed by atoms with Gasteiger partial charge in [-0.1, -0.05) is 170 Å². The number of rotatable bonds is 6. The highest BCUT2D eigenvalue weighted by Gasteiger charge is 2.40. The van der Waals surface area contributed by atoms with Gasteiger partial charge in [0.2, 0.25) is 0 Å². The third-order valence-corrected chi connectivity index (χ3v) is 13.0. The Morgan fingerprint density at radius 2 is 0.965 bits per heavy atom. The monoisotopic (exact) mass is 744 g/mol. The number of hydrogen-bond donors (Lipinski definition) is 0. The van der Waals surface area contributed by atoms with Crippen LogP contribution in [0.5, 0.6) is 0 Å². The van der Waals surface area contributed by atoms with Gasteiger partial charge in [0, 0.05) is 42.3 Å². The van der Waals surface area contributed by atoms with Gasteiger partial charge in [-0.25, -0.2) is 9.97 Å². The maximum Gasteiger partial charge on any atom is 0.160 e. The molecule has 1 unspecified atom stereocenters. The lowest BCUT2D eigenvalue weighted by Crippen LogP contribution is -2.22. The molecule has 0 amide bonds. The van der Waals surface area contributed by atoms with Crippen LogP contribution >= 0.6 is 11.3 Å². The summed E-state index contributed by atoms with van der Waals surface area (Å²) in [4.78, 5) is 10.5. The van der Waals surface area contributed by atoms with Crippen LogP contribution in [0.25, 0.3) is 87.5 Å². The zero-order valence-corrected chi connectivity index (χ0v) is 32.2. The predicted molar refractivity (Wildman–Crippen MR) is 240 cm³/mol. The molecule has 0 saturated heterocycles. The van der Waals surface area contributed by atoms with Gasteiger partial charge in [0.05, 0.1) is 11.4 Å². The molecule has 10 aromatic rings. The Bertz CT molecular complexity index is 3130. The molecule has 0 spiro atoms. The fourth-order valence-corrected chi connectivity index (χ4v) is 9.98. The predicted octanol–water partition coefficient (Wildman–Crippen LogP) is 14.5. The Morgan fingerprint density at radius 1 is 0.368 bits per heavy atom. The Balaban J connectivity index is 1.02. The van der Waals surface area contributed by atoms with Crippen LogP contribution in [-0.2, 0) is 5.41 Å². The molecule has 0 fully saturated rings. The molecule has 8 aromatic carbocycles. The molecule has 57 heavy (non-hydrogen) atoms. The third kappa shape index (κ3) is 5.54. The fourth-order valence-electron chi connectivity index (χ4n) is 8.89. The van der Waals surface area contributed by atoms with E-state index < -0.39 is 0 Å². The van der Waals surface area contributed by atoms with E-state index in [-0.39, 0.29) is 5.41 Å². The molecule has 3 heteroatoms. The van der Waals surface area contributed by atoms with Crippen molar-refractivity contribution in [2.24, 2.45) is 0 Å². The van der Waals surface area contributed by atoms with Crippen LogP contribution in [0.4, 0.5) is 0 Å². The molecule has 2 nitrogen and oxygen atoms in total. The first kappa shape index (κ1) is 33.4. The average Bonchev–Trinajstić information content (AvgIpc) is 3.79. The zero-order chi connectivity index (χ0) is 37.9. The van der Waals surface area contributed by atoms with Crippen molar-refractivity contribution in [3.8, 4) is 67.3 Å². The molecule has 11 rings (SSSR count). The smallest absolute Gasteiger partial charge is 0.160 e. The number of thiophene rings is 1. The van der Waals surface area contributed by atoms with E-state index in [4.69, 9.17) is 9.97 Å². The van der Waals surface area contributed by atoms with Crippen LogP contribution < -0.4 is 0 Å². The summed E-state index contributed by atoms with van der Waals surface area (Å²) in [6, 6.07) is 72.2. The summed E-state index contributed by atoms with van der Waals surface area (Å²) >= 11 is 1.85. The highest BCUT2D eigenvalue weighted by molar-refractivity contribution is 7.25. The van der Waals surface area contributed by atoms with E-state index in [1.54, 1.807) is 0 Å². The van der Waals surface area contributed by atoms with Crippen LogP contribution in [0.15, 0.2) is 200 Å². The quantitative estimate of drug-likeness (QED) is 0.169. The Kier molecular flexibility index (Phi) is 7.84. The van der Waals surface area contributed by atoms with Crippen LogP contribution in [-0.4, -0.2) is 9.97 Å². The lowest BCUT2D eigenvalue weighted by molar-refractivity contribution is 0.714. The van der Waals surface area contributed by atoms with Gasteiger partial charge in [-0.3, -0.25) is 0 Å². The van der Waals surface area contributed by atoms with E-state index in [9.17, 15) is 0 Å². The number of benzene rings is 8. The van der Waals surface area contributed by atoms with Crippen molar-refractivity contribution in [2.45, 2.75) is 12.3 Å². The van der Waals surface area contributed by atoms with Gasteiger partial charge in [-0.2, -0.15) is 0 Å². The lowest BCUT2D eigenvalue weighted by atomic mass is 9.74. The minimum absolute atomic E-state index is 0.302. The normalized spacial score (nSPS) is 14.5. The topological polar surface area (TPSA) is 25.8 Å². The van der Waals surface area contributed by atoms with Crippen LogP contribution in [0.2, 0.25) is 0 Å². The van der Waals surface area contributed by atoms with E-state index >= 15 is 0 Å². The Morgan fingerprint density at radius 3 is 1.79 bits per heavy atom. The third-order valence-electron chi connectivity index (χ3n) is 11.8. The molecular formula is C54H36N2S. The lowest BCUT2D eigenvalue weighted by Gasteiger charge is -2.28. The van der Waals surface area contributed by atoms with Gasteiger partial charge in [-0.15, -0.1) is 11.3 Å². The standard InChI is InChI=1S/C54H36N2S/c1-54(40-16-6-3-7-17-40)47-22-12-10-19-42(47)43-30-28-39(33-48(43)54)49-34-50(56-53(55-49)37-14-4-2-5-15-37)44-20-9-8-18-41(44)36-26-24-35(25-27-36)38-29-31-52-46(32-38)45-21-11-13-23-51(45)57-52/h2-34H,1H3. The zero-order valence-electron chi connectivity index (χ0n) is 31.4. The number of nitrogens with zero attached hydrogens (tertiary/aromatic N) is 2. The molecule has 0 radical (unpaired) electrons. The summed E-state index contributed by atoms with van der Waals surface area (Å²) in [5.41, 5.74) is 15.8. The van der Waals surface area contributed by atoms with Crippen molar-refractivity contribution in [3.05, 3.63) is 217 Å². The van der Waals surface area contributed by atoms with Crippen LogP contribution in [0.3, 0.4) is 0 Å². The maximum absolute atomic E-state index is 5.27. The minimum Gasteiger partial charge on any atom is -0.228 e. The van der Waals surface area contributed by atoms with Gasteiger partial charge in [0.1, 0.15) is 0 Å². The highest BCUT2D eigenvalue weighted by atomic mass is 32.1. The highest BCUT2D eigenvalue weighted by Crippen LogP contribution is 2.53. The molecule has 1 aliphatic rings. The SMILES string of the molecule is CC1(c2ccccc2)c2ccccc2-c2ccc(-c3cc(-c4ccccc4-c4ccc(-c5ccc6sc7ccccc7c6c5)cc4)nc(-c4ccccc4)n3)cc21. The van der Waals surface area contributed by atoms with Crippen molar-refractivity contribution in [3.63, 3.8) is 0 Å². The second-order valence-corrected chi connectivity index (χ2v) is 16.1. The molecule has 0 saturated carbocycles. The Hall–Kier alpha value is -6.94. The fraction of sp³-hybridized carbons (Fsp3) is 0.0370. The summed E-state index contributed by atoms with van der Waals surface area (Å²) in [6.07, 6.45) is 0. The molecule has 268 valence electrons. The number of hydrogen-bond acceptors (Lipinski definition) is 3. The van der Waals surface area contributed by atoms with Gasteiger partial charge >= 0.3 is 0 Å². The van der Waals surface area contributed by atoms with E-state index in [1.807, 2.05) is 17.4 Å². The molecule has 1 atom stereocenters. The first-order chi connectivity index (χ1) is 28.1. The number of fused-ring (bicyclic) bond motifs is 6. The first-order valence-corrected chi connectivity index (χ1v) is 20.3. The molecule has 0 bridgehead atoms. The molecule has 2 heterocycles. The van der Waals surface area contributed by atoms with Crippen molar-refractivity contribution >= 4 is 31.5 Å². The van der Waals surface area contributed by atoms with Crippen LogP contribution in [0.1, 0.15) is 23.6 Å². The van der Waals surface area contributed by atoms with E-state index in [2.05, 4.69) is 201 Å². The van der Waals surface area contributed by atoms with Crippen molar-refractivity contribution < 1.29 is 0 Å². The molecular weight excluding hydrogens is 709 g/mol. The summed E-state index contributed by atoms with van der Waals surface area (Å²) in [5.74, 6) is 0.708. The maximum atomic E-state index is 5.27. The molecule has 0 N–H and O–H groups in total. The van der Waals surface area contributed by atoms with Crippen molar-refractivity contribution in [1.82, 2.24) is 9.97 Å². The largest absolute Gasteiger partial charge is 0.228 e. The summed E-state index contributed by atoms with van der Waals surface area (Å²) in [7, 11) is 0. The van der Waals surface area contributed by atoms with Gasteiger partial charge in [0.25, 0.3) is 0 Å². The van der Waals surface area contributed by atoms with Crippen molar-refractivity contribution in [2.75, 3.05) is 0 Å². The van der Waals surface area contributed by atoms with Gasteiger partial charge in [-0.05, 0) is 87.3 Å². The average molecular weight is 745 g/mol. The summed E-state index contributed by atoms with van der Waals surface area (Å²) in [5, 5.41) is 2.63. The second kappa shape index (κ2) is 13.4. The van der Waals surface area contributed by atoms with Gasteiger partial charge in [0.15, 0.2) is 5.82 Å². The molecule has 0 aliphatic heterocycles. The Labute approximate surface area is 336 Å².